The van der Waals surface area contributed by atoms with Gasteiger partial charge in [-0.25, -0.2) is 4.79 Å². The molecule has 2 heterocycles. The van der Waals surface area contributed by atoms with Crippen LogP contribution in [0, 0.1) is 0 Å². The van der Waals surface area contributed by atoms with Gasteiger partial charge in [0, 0.05) is 25.1 Å². The van der Waals surface area contributed by atoms with E-state index >= 15 is 0 Å². The van der Waals surface area contributed by atoms with Gasteiger partial charge in [-0.3, -0.25) is 4.79 Å². The van der Waals surface area contributed by atoms with Crippen LogP contribution in [0.25, 0.3) is 11.0 Å². The molecule has 7 nitrogen and oxygen atoms in total. The maximum absolute atomic E-state index is 13.4. The molecule has 0 N–H and O–H groups in total. The van der Waals surface area contributed by atoms with Crippen LogP contribution in [0.4, 0.5) is 0 Å². The van der Waals surface area contributed by atoms with Crippen LogP contribution in [0.2, 0.25) is 0 Å². The SMILES string of the molecule is COc1ccc(CN(C[C@H]2CCCO2)C(=O)c2cc3ccccc3oc2=O)cc1OC. The van der Waals surface area contributed by atoms with Crippen molar-refractivity contribution in [3.63, 3.8) is 0 Å². The summed E-state index contributed by atoms with van der Waals surface area (Å²) in [6, 6.07) is 14.2. The number of hydrogen-bond donors (Lipinski definition) is 0. The van der Waals surface area contributed by atoms with Gasteiger partial charge in [-0.05, 0) is 42.7 Å². The number of nitrogens with zero attached hydrogens (tertiary/aromatic N) is 1. The summed E-state index contributed by atoms with van der Waals surface area (Å²) >= 11 is 0. The normalized spacial score (nSPS) is 15.7. The van der Waals surface area contributed by atoms with Crippen molar-refractivity contribution in [2.24, 2.45) is 0 Å². The molecule has 0 aliphatic carbocycles. The van der Waals surface area contributed by atoms with Gasteiger partial charge in [0.05, 0.1) is 20.3 Å². The van der Waals surface area contributed by atoms with E-state index < -0.39 is 5.63 Å². The third-order valence-corrected chi connectivity index (χ3v) is 5.43. The maximum Gasteiger partial charge on any atom is 0.349 e. The van der Waals surface area contributed by atoms with Crippen molar-refractivity contribution in [1.82, 2.24) is 4.90 Å². The molecule has 1 fully saturated rings. The quantitative estimate of drug-likeness (QED) is 0.540. The van der Waals surface area contributed by atoms with E-state index in [1.54, 1.807) is 43.4 Å². The van der Waals surface area contributed by atoms with Gasteiger partial charge in [-0.1, -0.05) is 24.3 Å². The number of ether oxygens (including phenoxy) is 3. The maximum atomic E-state index is 13.4. The molecule has 0 unspecified atom stereocenters. The molecule has 3 aromatic rings. The van der Waals surface area contributed by atoms with E-state index in [0.29, 0.717) is 42.2 Å². The number of amides is 1. The van der Waals surface area contributed by atoms with Crippen molar-refractivity contribution >= 4 is 16.9 Å². The molecule has 1 aliphatic heterocycles. The number of carbonyl (C=O) groups excluding carboxylic acids is 1. The Morgan fingerprint density at radius 1 is 1.10 bits per heavy atom. The number of methoxy groups -OCH3 is 2. The van der Waals surface area contributed by atoms with E-state index in [1.807, 2.05) is 24.3 Å². The fourth-order valence-corrected chi connectivity index (χ4v) is 3.83. The molecule has 1 amide bonds. The summed E-state index contributed by atoms with van der Waals surface area (Å²) in [5, 5.41) is 0.702. The van der Waals surface area contributed by atoms with Gasteiger partial charge in [0.1, 0.15) is 11.1 Å². The Labute approximate surface area is 180 Å². The van der Waals surface area contributed by atoms with Crippen LogP contribution >= 0.6 is 0 Å². The van der Waals surface area contributed by atoms with E-state index in [4.69, 9.17) is 18.6 Å². The van der Waals surface area contributed by atoms with Crippen LogP contribution in [0.15, 0.2) is 57.7 Å². The van der Waals surface area contributed by atoms with E-state index in [0.717, 1.165) is 18.4 Å². The molecule has 1 saturated heterocycles. The van der Waals surface area contributed by atoms with Crippen LogP contribution in [-0.2, 0) is 11.3 Å². The lowest BCUT2D eigenvalue weighted by Gasteiger charge is -2.25. The zero-order valence-corrected chi connectivity index (χ0v) is 17.6. The molecular formula is C24H25NO6. The van der Waals surface area contributed by atoms with Crippen LogP contribution in [0.5, 0.6) is 11.5 Å². The van der Waals surface area contributed by atoms with Crippen LogP contribution in [0.1, 0.15) is 28.8 Å². The van der Waals surface area contributed by atoms with Gasteiger partial charge >= 0.3 is 5.63 Å². The summed E-state index contributed by atoms with van der Waals surface area (Å²) < 4.78 is 21.8. The van der Waals surface area contributed by atoms with E-state index in [1.165, 1.54) is 0 Å². The highest BCUT2D eigenvalue weighted by Gasteiger charge is 2.26. The Morgan fingerprint density at radius 2 is 1.90 bits per heavy atom. The van der Waals surface area contributed by atoms with Crippen molar-refractivity contribution < 1.29 is 23.4 Å². The first kappa shape index (κ1) is 20.9. The van der Waals surface area contributed by atoms with Crippen molar-refractivity contribution in [2.45, 2.75) is 25.5 Å². The predicted octanol–water partition coefficient (Wildman–Crippen LogP) is 3.63. The average Bonchev–Trinajstić information content (AvgIpc) is 3.30. The molecule has 7 heteroatoms. The van der Waals surface area contributed by atoms with Gasteiger partial charge in [0.25, 0.3) is 5.91 Å². The minimum absolute atomic E-state index is 0.0113. The number of fused-ring (bicyclic) bond motifs is 1. The third-order valence-electron chi connectivity index (χ3n) is 5.43. The second kappa shape index (κ2) is 9.22. The first-order valence-corrected chi connectivity index (χ1v) is 10.2. The molecule has 2 aromatic carbocycles. The topological polar surface area (TPSA) is 78.2 Å². The summed E-state index contributed by atoms with van der Waals surface area (Å²) in [5.74, 6) is 0.804. The van der Waals surface area contributed by atoms with E-state index in [9.17, 15) is 9.59 Å². The highest BCUT2D eigenvalue weighted by Crippen LogP contribution is 2.28. The Balaban J connectivity index is 1.67. The van der Waals surface area contributed by atoms with Crippen LogP contribution in [0.3, 0.4) is 0 Å². The summed E-state index contributed by atoms with van der Waals surface area (Å²) in [6.45, 7) is 1.37. The summed E-state index contributed by atoms with van der Waals surface area (Å²) in [7, 11) is 3.14. The van der Waals surface area contributed by atoms with Crippen molar-refractivity contribution in [1.29, 1.82) is 0 Å². The Hall–Kier alpha value is -3.32. The van der Waals surface area contributed by atoms with Crippen LogP contribution in [-0.4, -0.2) is 44.3 Å². The largest absolute Gasteiger partial charge is 0.493 e. The smallest absolute Gasteiger partial charge is 0.349 e. The number of benzene rings is 2. The Kier molecular flexibility index (Phi) is 6.23. The second-order valence-corrected chi connectivity index (χ2v) is 7.50. The molecule has 4 rings (SSSR count). The fourth-order valence-electron chi connectivity index (χ4n) is 3.83. The van der Waals surface area contributed by atoms with Crippen LogP contribution < -0.4 is 15.1 Å². The minimum atomic E-state index is -0.645. The van der Waals surface area contributed by atoms with Gasteiger partial charge < -0.3 is 23.5 Å². The summed E-state index contributed by atoms with van der Waals surface area (Å²) in [4.78, 5) is 27.6. The molecule has 31 heavy (non-hydrogen) atoms. The monoisotopic (exact) mass is 423 g/mol. The highest BCUT2D eigenvalue weighted by atomic mass is 16.5. The zero-order valence-electron chi connectivity index (χ0n) is 17.6. The lowest BCUT2D eigenvalue weighted by molar-refractivity contribution is 0.0504. The fraction of sp³-hybridized carbons (Fsp3) is 0.333. The second-order valence-electron chi connectivity index (χ2n) is 7.50. The Morgan fingerprint density at radius 3 is 2.65 bits per heavy atom. The lowest BCUT2D eigenvalue weighted by atomic mass is 10.1. The number of carbonyl (C=O) groups is 1. The van der Waals surface area contributed by atoms with Gasteiger partial charge in [0.2, 0.25) is 0 Å². The predicted molar refractivity (Wildman–Crippen MR) is 116 cm³/mol. The molecule has 1 aromatic heterocycles. The molecule has 0 saturated carbocycles. The molecule has 0 radical (unpaired) electrons. The Bertz CT molecular complexity index is 1130. The molecule has 1 atom stereocenters. The van der Waals surface area contributed by atoms with E-state index in [2.05, 4.69) is 0 Å². The molecular weight excluding hydrogens is 398 g/mol. The van der Waals surface area contributed by atoms with Crippen molar-refractivity contribution in [2.75, 3.05) is 27.4 Å². The minimum Gasteiger partial charge on any atom is -0.493 e. The van der Waals surface area contributed by atoms with Gasteiger partial charge in [-0.2, -0.15) is 0 Å². The van der Waals surface area contributed by atoms with Crippen molar-refractivity contribution in [3.8, 4) is 11.5 Å². The molecule has 1 aliphatic rings. The van der Waals surface area contributed by atoms with Crippen molar-refractivity contribution in [3.05, 3.63) is 70.1 Å². The van der Waals surface area contributed by atoms with E-state index in [-0.39, 0.29) is 17.6 Å². The number of para-hydroxylation sites is 1. The average molecular weight is 423 g/mol. The van der Waals surface area contributed by atoms with Gasteiger partial charge in [-0.15, -0.1) is 0 Å². The number of hydrogen-bond acceptors (Lipinski definition) is 6. The zero-order chi connectivity index (χ0) is 21.8. The third kappa shape index (κ3) is 4.56. The first-order valence-electron chi connectivity index (χ1n) is 10.2. The lowest BCUT2D eigenvalue weighted by Crippen LogP contribution is -2.38. The first-order chi connectivity index (χ1) is 15.1. The highest BCUT2D eigenvalue weighted by molar-refractivity contribution is 5.96. The summed E-state index contributed by atoms with van der Waals surface area (Å²) in [6.07, 6.45) is 1.78. The number of rotatable bonds is 7. The molecule has 0 bridgehead atoms. The summed E-state index contributed by atoms with van der Waals surface area (Å²) in [5.41, 5.74) is 0.675. The molecule has 162 valence electrons. The van der Waals surface area contributed by atoms with Gasteiger partial charge in [0.15, 0.2) is 11.5 Å². The molecule has 0 spiro atoms. The standard InChI is InChI=1S/C24H25NO6/c1-28-21-10-9-16(12-22(21)29-2)14-25(15-18-7-5-11-30-18)23(26)19-13-17-6-3-4-8-20(17)31-24(19)27/h3-4,6,8-10,12-13,18H,5,7,11,14-15H2,1-2H3/t18-/m1/s1.